The summed E-state index contributed by atoms with van der Waals surface area (Å²) in [6, 6.07) is 4.17. The summed E-state index contributed by atoms with van der Waals surface area (Å²) in [5.41, 5.74) is 0.773. The molecule has 2 aromatic heterocycles. The first-order valence-electron chi connectivity index (χ1n) is 9.82. The van der Waals surface area contributed by atoms with Gasteiger partial charge in [-0.2, -0.15) is 4.98 Å². The van der Waals surface area contributed by atoms with Crippen LogP contribution in [0.5, 0.6) is 0 Å². The van der Waals surface area contributed by atoms with Crippen molar-refractivity contribution in [2.24, 2.45) is 5.41 Å². The van der Waals surface area contributed by atoms with Gasteiger partial charge in [0.05, 0.1) is 6.61 Å². The van der Waals surface area contributed by atoms with Gasteiger partial charge in [0.15, 0.2) is 0 Å². The molecule has 4 heterocycles. The maximum absolute atomic E-state index is 12.8. The summed E-state index contributed by atoms with van der Waals surface area (Å²) in [5, 5.41) is 13.9. The average Bonchev–Trinajstić information content (AvgIpc) is 3.42. The van der Waals surface area contributed by atoms with Crippen LogP contribution in [0.4, 0.5) is 0 Å². The minimum absolute atomic E-state index is 0.0928. The van der Waals surface area contributed by atoms with Crippen LogP contribution in [0.1, 0.15) is 51.3 Å². The Hall–Kier alpha value is -2.28. The van der Waals surface area contributed by atoms with E-state index in [9.17, 15) is 9.90 Å². The second-order valence-corrected chi connectivity index (χ2v) is 7.73. The van der Waals surface area contributed by atoms with Crippen LogP contribution >= 0.6 is 0 Å². The van der Waals surface area contributed by atoms with Crippen molar-refractivity contribution in [2.45, 2.75) is 64.0 Å². The van der Waals surface area contributed by atoms with Crippen LogP contribution in [0.3, 0.4) is 0 Å². The Morgan fingerprint density at radius 2 is 2.19 bits per heavy atom. The number of hydrogen-bond donors (Lipinski definition) is 1. The highest BCUT2D eigenvalue weighted by Gasteiger charge is 2.55. The van der Waals surface area contributed by atoms with Crippen molar-refractivity contribution in [3.63, 3.8) is 0 Å². The number of pyridine rings is 1. The molecule has 0 spiro atoms. The summed E-state index contributed by atoms with van der Waals surface area (Å²) in [6.07, 6.45) is 9.08. The molecular weight excluding hydrogens is 344 g/mol. The first-order chi connectivity index (χ1) is 13.2. The van der Waals surface area contributed by atoms with Gasteiger partial charge in [-0.3, -0.25) is 9.78 Å². The summed E-state index contributed by atoms with van der Waals surface area (Å²) in [6.45, 7) is 2.30. The molecule has 2 aromatic rings. The summed E-state index contributed by atoms with van der Waals surface area (Å²) in [7, 11) is 0. The molecule has 2 fully saturated rings. The summed E-state index contributed by atoms with van der Waals surface area (Å²) >= 11 is 0. The molecule has 0 aliphatic carbocycles. The number of aliphatic hydroxyl groups excluding tert-OH is 1. The number of amides is 1. The SMILES string of the molecule is CC[C@]1(CO)C[C@H]2CC[C@@H]1N2C(=O)CCCc1nc(-c2ccncc2)no1. The Labute approximate surface area is 158 Å². The predicted molar refractivity (Wildman–Crippen MR) is 98.5 cm³/mol. The molecule has 27 heavy (non-hydrogen) atoms. The average molecular weight is 370 g/mol. The van der Waals surface area contributed by atoms with Gasteiger partial charge in [-0.05, 0) is 44.2 Å². The third-order valence-corrected chi connectivity index (χ3v) is 6.35. The third kappa shape index (κ3) is 3.25. The molecule has 2 aliphatic heterocycles. The zero-order valence-electron chi connectivity index (χ0n) is 15.7. The van der Waals surface area contributed by atoms with Gasteiger partial charge in [0.2, 0.25) is 17.6 Å². The van der Waals surface area contributed by atoms with Gasteiger partial charge in [-0.1, -0.05) is 12.1 Å². The largest absolute Gasteiger partial charge is 0.396 e. The maximum Gasteiger partial charge on any atom is 0.226 e. The second kappa shape index (κ2) is 7.38. The standard InChI is InChI=1S/C20H26N4O3/c1-2-20(13-25)12-15-6-7-16(20)24(15)18(26)5-3-4-17-22-19(23-27-17)14-8-10-21-11-9-14/h8-11,15-16,25H,2-7,12-13H2,1H3/t15-,16+,20-/m1/s1. The number of aliphatic hydroxyl groups is 1. The Morgan fingerprint density at radius 3 is 2.89 bits per heavy atom. The number of aryl methyl sites for hydroxylation is 1. The first kappa shape index (κ1) is 18.1. The van der Waals surface area contributed by atoms with Crippen LogP contribution in [-0.2, 0) is 11.2 Å². The number of rotatable bonds is 7. The molecule has 1 amide bonds. The van der Waals surface area contributed by atoms with Crippen LogP contribution in [0, 0.1) is 5.41 Å². The number of nitrogens with zero attached hydrogens (tertiary/aromatic N) is 4. The predicted octanol–water partition coefficient (Wildman–Crippen LogP) is 2.61. The number of carbonyl (C=O) groups excluding carboxylic acids is 1. The van der Waals surface area contributed by atoms with E-state index in [1.807, 2.05) is 12.1 Å². The highest BCUT2D eigenvalue weighted by atomic mass is 16.5. The van der Waals surface area contributed by atoms with Crippen molar-refractivity contribution < 1.29 is 14.4 Å². The van der Waals surface area contributed by atoms with Gasteiger partial charge in [0.1, 0.15) is 0 Å². The van der Waals surface area contributed by atoms with Gasteiger partial charge < -0.3 is 14.5 Å². The second-order valence-electron chi connectivity index (χ2n) is 7.73. The number of carbonyl (C=O) groups is 1. The molecule has 4 rings (SSSR count). The zero-order valence-corrected chi connectivity index (χ0v) is 15.7. The van der Waals surface area contributed by atoms with Crippen molar-refractivity contribution in [1.82, 2.24) is 20.0 Å². The van der Waals surface area contributed by atoms with Crippen molar-refractivity contribution >= 4 is 5.91 Å². The zero-order chi connectivity index (χ0) is 18.9. The van der Waals surface area contributed by atoms with E-state index in [1.165, 1.54) is 0 Å². The lowest BCUT2D eigenvalue weighted by Gasteiger charge is -2.34. The number of fused-ring (bicyclic) bond motifs is 2. The normalized spacial score (nSPS) is 26.7. The summed E-state index contributed by atoms with van der Waals surface area (Å²) in [5.74, 6) is 1.30. The molecule has 144 valence electrons. The Kier molecular flexibility index (Phi) is 4.95. The van der Waals surface area contributed by atoms with Crippen molar-refractivity contribution in [3.8, 4) is 11.4 Å². The molecule has 3 atom stereocenters. The van der Waals surface area contributed by atoms with E-state index in [1.54, 1.807) is 12.4 Å². The summed E-state index contributed by atoms with van der Waals surface area (Å²) < 4.78 is 5.31. The van der Waals surface area contributed by atoms with Gasteiger partial charge in [0, 0.05) is 48.3 Å². The lowest BCUT2D eigenvalue weighted by atomic mass is 9.72. The highest BCUT2D eigenvalue weighted by Crippen LogP contribution is 2.51. The molecule has 2 bridgehead atoms. The van der Waals surface area contributed by atoms with Crippen molar-refractivity contribution in [2.75, 3.05) is 6.61 Å². The van der Waals surface area contributed by atoms with Crippen LogP contribution in [0.25, 0.3) is 11.4 Å². The lowest BCUT2D eigenvalue weighted by Crippen LogP contribution is -2.42. The minimum Gasteiger partial charge on any atom is -0.396 e. The fourth-order valence-corrected chi connectivity index (χ4v) is 4.82. The van der Waals surface area contributed by atoms with E-state index >= 15 is 0 Å². The van der Waals surface area contributed by atoms with E-state index in [0.717, 1.165) is 31.2 Å². The molecule has 7 nitrogen and oxygen atoms in total. The van der Waals surface area contributed by atoms with Gasteiger partial charge in [-0.15, -0.1) is 0 Å². The molecule has 2 aliphatic rings. The molecule has 0 aromatic carbocycles. The Balaban J connectivity index is 1.33. The van der Waals surface area contributed by atoms with Crippen LogP contribution in [-0.4, -0.2) is 49.7 Å². The number of aromatic nitrogens is 3. The molecule has 2 saturated heterocycles. The molecule has 0 radical (unpaired) electrons. The molecule has 7 heteroatoms. The quantitative estimate of drug-likeness (QED) is 0.805. The molecule has 1 N–H and O–H groups in total. The van der Waals surface area contributed by atoms with E-state index in [4.69, 9.17) is 4.52 Å². The fourth-order valence-electron chi connectivity index (χ4n) is 4.82. The smallest absolute Gasteiger partial charge is 0.226 e. The van der Waals surface area contributed by atoms with Crippen LogP contribution in [0.2, 0.25) is 0 Å². The lowest BCUT2D eigenvalue weighted by molar-refractivity contribution is -0.133. The Morgan fingerprint density at radius 1 is 1.37 bits per heavy atom. The van der Waals surface area contributed by atoms with Gasteiger partial charge >= 0.3 is 0 Å². The molecule has 0 saturated carbocycles. The van der Waals surface area contributed by atoms with Gasteiger partial charge in [0.25, 0.3) is 0 Å². The van der Waals surface area contributed by atoms with Crippen LogP contribution in [0.15, 0.2) is 29.0 Å². The van der Waals surface area contributed by atoms with Crippen LogP contribution < -0.4 is 0 Å². The van der Waals surface area contributed by atoms with E-state index in [-0.39, 0.29) is 24.0 Å². The topological polar surface area (TPSA) is 92.3 Å². The van der Waals surface area contributed by atoms with Crippen molar-refractivity contribution in [3.05, 3.63) is 30.4 Å². The monoisotopic (exact) mass is 370 g/mol. The summed E-state index contributed by atoms with van der Waals surface area (Å²) in [4.78, 5) is 23.3. The molecule has 0 unspecified atom stereocenters. The maximum atomic E-state index is 12.8. The van der Waals surface area contributed by atoms with E-state index in [2.05, 4.69) is 26.9 Å². The fraction of sp³-hybridized carbons (Fsp3) is 0.600. The highest BCUT2D eigenvalue weighted by molar-refractivity contribution is 5.78. The minimum atomic E-state index is -0.0928. The third-order valence-electron chi connectivity index (χ3n) is 6.35. The van der Waals surface area contributed by atoms with E-state index < -0.39 is 0 Å². The van der Waals surface area contributed by atoms with Crippen molar-refractivity contribution in [1.29, 1.82) is 0 Å². The first-order valence-corrected chi connectivity index (χ1v) is 9.82. The number of hydrogen-bond acceptors (Lipinski definition) is 6. The van der Waals surface area contributed by atoms with E-state index in [0.29, 0.717) is 37.0 Å². The van der Waals surface area contributed by atoms with Gasteiger partial charge in [-0.25, -0.2) is 0 Å². The Bertz CT molecular complexity index is 788. The molecular formula is C20H26N4O3.